The van der Waals surface area contributed by atoms with Crippen molar-refractivity contribution >= 4 is 40.6 Å². The molecule has 1 saturated heterocycles. The quantitative estimate of drug-likeness (QED) is 0.656. The van der Waals surface area contributed by atoms with Gasteiger partial charge in [-0.25, -0.2) is 0 Å². The van der Waals surface area contributed by atoms with Crippen molar-refractivity contribution in [1.29, 1.82) is 0 Å². The van der Waals surface area contributed by atoms with E-state index in [4.69, 9.17) is 11.6 Å². The van der Waals surface area contributed by atoms with Gasteiger partial charge in [-0.15, -0.1) is 11.3 Å². The maximum Gasteiger partial charge on any atom is 0.274 e. The zero-order chi connectivity index (χ0) is 21.1. The Bertz CT molecular complexity index is 1020. The lowest BCUT2D eigenvalue weighted by atomic mass is 10.2. The number of anilines is 1. The number of piperazine rings is 1. The number of nitrogens with one attached hydrogen (secondary N) is 1. The summed E-state index contributed by atoms with van der Waals surface area (Å²) >= 11 is 7.31. The zero-order valence-corrected chi connectivity index (χ0v) is 18.1. The summed E-state index contributed by atoms with van der Waals surface area (Å²) in [5.41, 5.74) is 1.54. The Kier molecular flexibility index (Phi) is 6.17. The van der Waals surface area contributed by atoms with Gasteiger partial charge >= 0.3 is 0 Å². The molecule has 0 bridgehead atoms. The molecule has 2 amide bonds. The van der Waals surface area contributed by atoms with Crippen LogP contribution in [0.15, 0.2) is 47.8 Å². The maximum absolute atomic E-state index is 12.9. The fraction of sp³-hybridized carbons (Fsp3) is 0.286. The van der Waals surface area contributed by atoms with Gasteiger partial charge in [-0.1, -0.05) is 29.8 Å². The summed E-state index contributed by atoms with van der Waals surface area (Å²) in [7, 11) is 1.71. The number of hydrogen-bond donors (Lipinski definition) is 1. The highest BCUT2D eigenvalue weighted by atomic mass is 35.5. The average molecular weight is 444 g/mol. The summed E-state index contributed by atoms with van der Waals surface area (Å²) in [6, 6.07) is 13.1. The smallest absolute Gasteiger partial charge is 0.274 e. The number of benzene rings is 1. The summed E-state index contributed by atoms with van der Waals surface area (Å²) in [6.07, 6.45) is 0. The molecule has 0 unspecified atom stereocenters. The first-order chi connectivity index (χ1) is 14.5. The highest BCUT2D eigenvalue weighted by molar-refractivity contribution is 7.12. The van der Waals surface area contributed by atoms with Crippen molar-refractivity contribution in [1.82, 2.24) is 19.6 Å². The van der Waals surface area contributed by atoms with Crippen molar-refractivity contribution in [2.24, 2.45) is 7.05 Å². The van der Waals surface area contributed by atoms with Gasteiger partial charge in [-0.05, 0) is 29.1 Å². The van der Waals surface area contributed by atoms with Crippen LogP contribution in [-0.2, 0) is 13.6 Å². The third-order valence-corrected chi connectivity index (χ3v) is 6.19. The SMILES string of the molecule is Cn1nc(C(=O)N2CCN(Cc3ccc(Cl)cc3)CC2)cc1NC(=O)c1cccs1. The molecule has 1 aliphatic rings. The number of rotatable bonds is 5. The second kappa shape index (κ2) is 8.99. The molecule has 0 aliphatic carbocycles. The number of thiophene rings is 1. The number of amides is 2. The maximum atomic E-state index is 12.9. The highest BCUT2D eigenvalue weighted by Crippen LogP contribution is 2.17. The van der Waals surface area contributed by atoms with Crippen LogP contribution in [0, 0.1) is 0 Å². The van der Waals surface area contributed by atoms with Crippen LogP contribution >= 0.6 is 22.9 Å². The fourth-order valence-electron chi connectivity index (χ4n) is 3.39. The normalized spacial score (nSPS) is 14.7. The lowest BCUT2D eigenvalue weighted by molar-refractivity contribution is 0.0622. The summed E-state index contributed by atoms with van der Waals surface area (Å²) in [4.78, 5) is 29.9. The van der Waals surface area contributed by atoms with Gasteiger partial charge in [0.2, 0.25) is 0 Å². The fourth-order valence-corrected chi connectivity index (χ4v) is 4.14. The van der Waals surface area contributed by atoms with Gasteiger partial charge in [0, 0.05) is 50.9 Å². The van der Waals surface area contributed by atoms with Crippen LogP contribution in [0.4, 0.5) is 5.82 Å². The third kappa shape index (κ3) is 4.72. The van der Waals surface area contributed by atoms with Gasteiger partial charge in [-0.2, -0.15) is 5.10 Å². The van der Waals surface area contributed by atoms with Crippen molar-refractivity contribution in [3.8, 4) is 0 Å². The monoisotopic (exact) mass is 443 g/mol. The molecule has 3 aromatic rings. The van der Waals surface area contributed by atoms with E-state index in [-0.39, 0.29) is 11.8 Å². The molecule has 1 fully saturated rings. The average Bonchev–Trinajstić information content (AvgIpc) is 3.40. The first-order valence-electron chi connectivity index (χ1n) is 9.64. The van der Waals surface area contributed by atoms with Gasteiger partial charge in [0.05, 0.1) is 4.88 Å². The molecule has 7 nitrogen and oxygen atoms in total. The summed E-state index contributed by atoms with van der Waals surface area (Å²) in [6.45, 7) is 3.70. The van der Waals surface area contributed by atoms with Crippen LogP contribution < -0.4 is 5.32 Å². The molecule has 4 rings (SSSR count). The molecule has 156 valence electrons. The first-order valence-corrected chi connectivity index (χ1v) is 10.9. The van der Waals surface area contributed by atoms with E-state index in [0.29, 0.717) is 29.5 Å². The predicted molar refractivity (Wildman–Crippen MR) is 118 cm³/mol. The van der Waals surface area contributed by atoms with E-state index in [2.05, 4.69) is 15.3 Å². The van der Waals surface area contributed by atoms with E-state index < -0.39 is 0 Å². The Labute approximate surface area is 183 Å². The molecule has 0 spiro atoms. The second-order valence-corrected chi connectivity index (χ2v) is 8.55. The Balaban J connectivity index is 1.34. The van der Waals surface area contributed by atoms with E-state index >= 15 is 0 Å². The predicted octanol–water partition coefficient (Wildman–Crippen LogP) is 3.35. The van der Waals surface area contributed by atoms with Gasteiger partial charge in [0.15, 0.2) is 5.69 Å². The molecule has 9 heteroatoms. The number of nitrogens with zero attached hydrogens (tertiary/aromatic N) is 4. The number of carbonyl (C=O) groups is 2. The van der Waals surface area contributed by atoms with Crippen LogP contribution in [0.1, 0.15) is 25.7 Å². The van der Waals surface area contributed by atoms with Crippen LogP contribution in [0.3, 0.4) is 0 Å². The number of carbonyl (C=O) groups excluding carboxylic acids is 2. The van der Waals surface area contributed by atoms with Crippen molar-refractivity contribution in [3.05, 3.63) is 69.0 Å². The lowest BCUT2D eigenvalue weighted by Crippen LogP contribution is -2.48. The second-order valence-electron chi connectivity index (χ2n) is 7.16. The van der Waals surface area contributed by atoms with Gasteiger partial charge in [0.1, 0.15) is 5.82 Å². The topological polar surface area (TPSA) is 70.5 Å². The molecule has 30 heavy (non-hydrogen) atoms. The number of aromatic nitrogens is 2. The molecule has 0 radical (unpaired) electrons. The minimum atomic E-state index is -0.206. The lowest BCUT2D eigenvalue weighted by Gasteiger charge is -2.34. The van der Waals surface area contributed by atoms with Gasteiger partial charge in [0.25, 0.3) is 11.8 Å². The minimum Gasteiger partial charge on any atom is -0.335 e. The van der Waals surface area contributed by atoms with Crippen molar-refractivity contribution < 1.29 is 9.59 Å². The van der Waals surface area contributed by atoms with Crippen molar-refractivity contribution in [2.75, 3.05) is 31.5 Å². The first kappa shape index (κ1) is 20.6. The molecule has 2 aromatic heterocycles. The minimum absolute atomic E-state index is 0.117. The summed E-state index contributed by atoms with van der Waals surface area (Å²) in [5.74, 6) is 0.175. The Morgan fingerprint density at radius 1 is 1.13 bits per heavy atom. The molecule has 1 aromatic carbocycles. The summed E-state index contributed by atoms with van der Waals surface area (Å²) in [5, 5.41) is 9.69. The molecule has 0 saturated carbocycles. The highest BCUT2D eigenvalue weighted by Gasteiger charge is 2.25. The standard InChI is InChI=1S/C21H22ClN5O2S/c1-25-19(23-20(28)18-3-2-12-30-18)13-17(24-25)21(29)27-10-8-26(9-11-27)14-15-4-6-16(22)7-5-15/h2-7,12-13H,8-11,14H2,1H3,(H,23,28). The largest absolute Gasteiger partial charge is 0.335 e. The Hall–Kier alpha value is -2.68. The van der Waals surface area contributed by atoms with E-state index in [9.17, 15) is 9.59 Å². The molecule has 1 N–H and O–H groups in total. The van der Waals surface area contributed by atoms with Crippen molar-refractivity contribution in [2.45, 2.75) is 6.54 Å². The van der Waals surface area contributed by atoms with Crippen LogP contribution in [-0.4, -0.2) is 57.6 Å². The Morgan fingerprint density at radius 3 is 2.53 bits per heavy atom. The van der Waals surface area contributed by atoms with Crippen LogP contribution in [0.25, 0.3) is 0 Å². The molecular formula is C21H22ClN5O2S. The number of halogens is 1. The third-order valence-electron chi connectivity index (χ3n) is 5.06. The zero-order valence-electron chi connectivity index (χ0n) is 16.5. The van der Waals surface area contributed by atoms with E-state index in [1.165, 1.54) is 21.6 Å². The van der Waals surface area contributed by atoms with E-state index in [0.717, 1.165) is 24.7 Å². The number of aryl methyl sites for hydroxylation is 1. The number of hydrogen-bond acceptors (Lipinski definition) is 5. The molecule has 1 aliphatic heterocycles. The molecule has 3 heterocycles. The van der Waals surface area contributed by atoms with E-state index in [1.54, 1.807) is 19.2 Å². The molecular weight excluding hydrogens is 422 g/mol. The van der Waals surface area contributed by atoms with Crippen molar-refractivity contribution in [3.63, 3.8) is 0 Å². The summed E-state index contributed by atoms with van der Waals surface area (Å²) < 4.78 is 1.52. The molecule has 0 atom stereocenters. The Morgan fingerprint density at radius 2 is 1.87 bits per heavy atom. The van der Waals surface area contributed by atoms with Gasteiger partial charge < -0.3 is 10.2 Å². The van der Waals surface area contributed by atoms with E-state index in [1.807, 2.05) is 40.6 Å². The van der Waals surface area contributed by atoms with Crippen LogP contribution in [0.2, 0.25) is 5.02 Å². The van der Waals surface area contributed by atoms with Gasteiger partial charge in [-0.3, -0.25) is 19.2 Å². The van der Waals surface area contributed by atoms with Crippen LogP contribution in [0.5, 0.6) is 0 Å².